The zero-order chi connectivity index (χ0) is 23.9. The number of hydrogen-bond acceptors (Lipinski definition) is 5. The van der Waals surface area contributed by atoms with Gasteiger partial charge in [0, 0.05) is 26.2 Å². The first-order chi connectivity index (χ1) is 16.5. The summed E-state index contributed by atoms with van der Waals surface area (Å²) in [6.07, 6.45) is 0. The fourth-order valence-electron chi connectivity index (χ4n) is 3.71. The van der Waals surface area contributed by atoms with Crippen LogP contribution in [0.4, 0.5) is 0 Å². The van der Waals surface area contributed by atoms with Crippen LogP contribution in [0.2, 0.25) is 5.02 Å². The van der Waals surface area contributed by atoms with Crippen LogP contribution in [0.25, 0.3) is 0 Å². The molecule has 3 aromatic carbocycles. The molecule has 0 saturated carbocycles. The molecule has 1 saturated heterocycles. The van der Waals surface area contributed by atoms with E-state index in [-0.39, 0.29) is 35.5 Å². The molecule has 6 nitrogen and oxygen atoms in total. The fraction of sp³-hybridized carbons (Fsp3) is 0.259. The van der Waals surface area contributed by atoms with Gasteiger partial charge in [0.15, 0.2) is 0 Å². The Bertz CT molecular complexity index is 1130. The maximum Gasteiger partial charge on any atom is 0.342 e. The first kappa shape index (κ1) is 23.8. The first-order valence-electron chi connectivity index (χ1n) is 11.2. The van der Waals surface area contributed by atoms with E-state index >= 15 is 0 Å². The Kier molecular flexibility index (Phi) is 7.83. The predicted octanol–water partition coefficient (Wildman–Crippen LogP) is 4.66. The summed E-state index contributed by atoms with van der Waals surface area (Å²) in [5, 5.41) is 0.197. The smallest absolute Gasteiger partial charge is 0.342 e. The third-order valence-corrected chi connectivity index (χ3v) is 6.07. The summed E-state index contributed by atoms with van der Waals surface area (Å²) in [6, 6.07) is 22.1. The lowest BCUT2D eigenvalue weighted by atomic mass is 10.1. The highest BCUT2D eigenvalue weighted by molar-refractivity contribution is 6.34. The molecule has 0 aromatic heterocycles. The summed E-state index contributed by atoms with van der Waals surface area (Å²) in [4.78, 5) is 30.1. The number of benzene rings is 3. The van der Waals surface area contributed by atoms with Crippen molar-refractivity contribution in [1.29, 1.82) is 0 Å². The number of carbonyl (C=O) groups is 2. The van der Waals surface area contributed by atoms with Crippen LogP contribution in [0.15, 0.2) is 72.8 Å². The Morgan fingerprint density at radius 3 is 2.03 bits per heavy atom. The third kappa shape index (κ3) is 5.95. The van der Waals surface area contributed by atoms with Gasteiger partial charge >= 0.3 is 5.97 Å². The van der Waals surface area contributed by atoms with Crippen molar-refractivity contribution in [1.82, 2.24) is 9.80 Å². The fourth-order valence-corrected chi connectivity index (χ4v) is 3.96. The van der Waals surface area contributed by atoms with Crippen LogP contribution in [0.3, 0.4) is 0 Å². The number of rotatable bonds is 7. The lowest BCUT2D eigenvalue weighted by Gasteiger charge is -2.32. The van der Waals surface area contributed by atoms with Crippen LogP contribution in [-0.2, 0) is 18.0 Å². The van der Waals surface area contributed by atoms with E-state index in [9.17, 15) is 9.59 Å². The van der Waals surface area contributed by atoms with E-state index in [1.54, 1.807) is 11.0 Å². The van der Waals surface area contributed by atoms with E-state index in [4.69, 9.17) is 21.1 Å². The van der Waals surface area contributed by atoms with Gasteiger partial charge in [-0.1, -0.05) is 72.3 Å². The predicted molar refractivity (Wildman–Crippen MR) is 131 cm³/mol. The van der Waals surface area contributed by atoms with Crippen LogP contribution >= 0.6 is 11.6 Å². The van der Waals surface area contributed by atoms with Gasteiger partial charge in [-0.15, -0.1) is 0 Å². The number of nitrogens with zero attached hydrogens (tertiary/aromatic N) is 2. The Hall–Kier alpha value is -3.35. The topological polar surface area (TPSA) is 59.1 Å². The zero-order valence-electron chi connectivity index (χ0n) is 19.1. The SMILES string of the molecule is CN1CCN(C(=O)c2cc(OCc3ccccc3)c(C(=O)OCc3ccccc3)cc2Cl)CC1. The van der Waals surface area contributed by atoms with Crippen LogP contribution in [0, 0.1) is 0 Å². The number of likely N-dealkylation sites (N-methyl/N-ethyl adjacent to an activating group) is 1. The second kappa shape index (κ2) is 11.2. The molecule has 1 fully saturated rings. The highest BCUT2D eigenvalue weighted by atomic mass is 35.5. The van der Waals surface area contributed by atoms with Crippen molar-refractivity contribution in [3.63, 3.8) is 0 Å². The number of esters is 1. The van der Waals surface area contributed by atoms with Crippen molar-refractivity contribution >= 4 is 23.5 Å². The van der Waals surface area contributed by atoms with Crippen molar-refractivity contribution in [2.45, 2.75) is 13.2 Å². The molecule has 0 spiro atoms. The maximum atomic E-state index is 13.2. The number of piperazine rings is 1. The van der Waals surface area contributed by atoms with Crippen LogP contribution in [0.5, 0.6) is 5.75 Å². The molecule has 1 heterocycles. The van der Waals surface area contributed by atoms with Gasteiger partial charge in [0.1, 0.15) is 24.5 Å². The molecule has 34 heavy (non-hydrogen) atoms. The van der Waals surface area contributed by atoms with Gasteiger partial charge in [-0.05, 0) is 30.3 Å². The molecule has 0 radical (unpaired) electrons. The average Bonchev–Trinajstić information content (AvgIpc) is 2.87. The second-order valence-electron chi connectivity index (χ2n) is 8.26. The Balaban J connectivity index is 1.58. The number of carbonyl (C=O) groups excluding carboxylic acids is 2. The molecule has 1 aliphatic rings. The normalized spacial score (nSPS) is 14.0. The van der Waals surface area contributed by atoms with Crippen LogP contribution in [0.1, 0.15) is 31.8 Å². The van der Waals surface area contributed by atoms with E-state index in [1.807, 2.05) is 67.7 Å². The summed E-state index contributed by atoms with van der Waals surface area (Å²) in [7, 11) is 2.03. The standard InChI is InChI=1S/C27H27ClN2O4/c1-29-12-14-30(15-13-29)26(31)22-17-25(33-18-20-8-4-2-5-9-20)23(16-24(22)28)27(32)34-19-21-10-6-3-7-11-21/h2-11,16-17H,12-15,18-19H2,1H3. The molecule has 1 amide bonds. The van der Waals surface area contributed by atoms with Gasteiger partial charge in [-0.2, -0.15) is 0 Å². The van der Waals surface area contributed by atoms with Crippen molar-refractivity contribution in [2.75, 3.05) is 33.2 Å². The molecule has 0 N–H and O–H groups in total. The summed E-state index contributed by atoms with van der Waals surface area (Å²) < 4.78 is 11.5. The number of amides is 1. The quantitative estimate of drug-likeness (QED) is 0.462. The third-order valence-electron chi connectivity index (χ3n) is 5.76. The van der Waals surface area contributed by atoms with Crippen molar-refractivity contribution < 1.29 is 19.1 Å². The average molecular weight is 479 g/mol. The van der Waals surface area contributed by atoms with E-state index < -0.39 is 5.97 Å². The van der Waals surface area contributed by atoms with E-state index in [1.165, 1.54) is 6.07 Å². The van der Waals surface area contributed by atoms with Crippen LogP contribution in [-0.4, -0.2) is 54.9 Å². The molecule has 1 aliphatic heterocycles. The zero-order valence-corrected chi connectivity index (χ0v) is 19.8. The van der Waals surface area contributed by atoms with Gasteiger partial charge in [0.25, 0.3) is 5.91 Å². The minimum atomic E-state index is -0.563. The summed E-state index contributed by atoms with van der Waals surface area (Å²) in [5.74, 6) is -0.469. The molecule has 0 unspecified atom stereocenters. The Labute approximate surface area is 204 Å². The molecule has 0 aliphatic carbocycles. The lowest BCUT2D eigenvalue weighted by molar-refractivity contribution is 0.0466. The molecule has 4 rings (SSSR count). The summed E-state index contributed by atoms with van der Waals surface area (Å²) >= 11 is 6.50. The van der Waals surface area contributed by atoms with Crippen molar-refractivity contribution in [3.8, 4) is 5.75 Å². The highest BCUT2D eigenvalue weighted by Gasteiger charge is 2.26. The van der Waals surface area contributed by atoms with Gasteiger partial charge < -0.3 is 19.3 Å². The van der Waals surface area contributed by atoms with E-state index in [2.05, 4.69) is 4.90 Å². The molecule has 0 atom stereocenters. The molecule has 3 aromatic rings. The Morgan fingerprint density at radius 2 is 1.41 bits per heavy atom. The molecule has 0 bridgehead atoms. The molecule has 7 heteroatoms. The summed E-state index contributed by atoms with van der Waals surface area (Å²) in [5.41, 5.74) is 2.31. The first-order valence-corrected chi connectivity index (χ1v) is 11.6. The number of ether oxygens (including phenoxy) is 2. The van der Waals surface area contributed by atoms with Gasteiger partial charge in [-0.25, -0.2) is 4.79 Å². The van der Waals surface area contributed by atoms with Crippen molar-refractivity contribution in [3.05, 3.63) is 100 Å². The number of hydrogen-bond donors (Lipinski definition) is 0. The maximum absolute atomic E-state index is 13.2. The van der Waals surface area contributed by atoms with E-state index in [0.29, 0.717) is 18.7 Å². The minimum absolute atomic E-state index is 0.122. The largest absolute Gasteiger partial charge is 0.488 e. The second-order valence-corrected chi connectivity index (χ2v) is 8.67. The molecular formula is C27H27ClN2O4. The highest BCUT2D eigenvalue weighted by Crippen LogP contribution is 2.30. The monoisotopic (exact) mass is 478 g/mol. The van der Waals surface area contributed by atoms with Crippen molar-refractivity contribution in [2.24, 2.45) is 0 Å². The van der Waals surface area contributed by atoms with Gasteiger partial charge in [-0.3, -0.25) is 4.79 Å². The molecule has 176 valence electrons. The Morgan fingerprint density at radius 1 is 0.824 bits per heavy atom. The number of halogens is 1. The van der Waals surface area contributed by atoms with Gasteiger partial charge in [0.2, 0.25) is 0 Å². The summed E-state index contributed by atoms with van der Waals surface area (Å²) in [6.45, 7) is 3.19. The van der Waals surface area contributed by atoms with Crippen LogP contribution < -0.4 is 4.74 Å². The van der Waals surface area contributed by atoms with E-state index in [0.717, 1.165) is 24.2 Å². The van der Waals surface area contributed by atoms with Gasteiger partial charge in [0.05, 0.1) is 10.6 Å². The minimum Gasteiger partial charge on any atom is -0.488 e. The lowest BCUT2D eigenvalue weighted by Crippen LogP contribution is -2.47. The molecular weight excluding hydrogens is 452 g/mol.